The first-order valence-corrected chi connectivity index (χ1v) is 12.7. The Balaban J connectivity index is 1.64. The first-order valence-electron chi connectivity index (χ1n) is 12.7. The zero-order chi connectivity index (χ0) is 27.4. The average Bonchev–Trinajstić information content (AvgIpc) is 2.99. The molecule has 3 heterocycles. The average molecular weight is 517 g/mol. The molecule has 0 atom stereocenters. The summed E-state index contributed by atoms with van der Waals surface area (Å²) < 4.78 is 0. The van der Waals surface area contributed by atoms with Crippen molar-refractivity contribution in [1.29, 1.82) is 0 Å². The summed E-state index contributed by atoms with van der Waals surface area (Å²) >= 11 is 0. The standard InChI is InChI=1S/C32H20N8/c1-19-20(2)36-30-29(35-19)39(25-17-9-13-21-11-5-7-15-23(21)25)31-32(38-28(34-4)27(33-3)37-31)40(30)26-18-10-14-22-12-6-8-16-24(22)26/h5-18H,1-2H3. The Kier molecular flexibility index (Phi) is 5.16. The number of hydrogen-bond donors (Lipinski definition) is 0. The lowest BCUT2D eigenvalue weighted by atomic mass is 10.1. The number of rotatable bonds is 2. The number of anilines is 6. The van der Waals surface area contributed by atoms with Gasteiger partial charge in [-0.2, -0.15) is 0 Å². The molecule has 0 unspecified atom stereocenters. The van der Waals surface area contributed by atoms with Crippen LogP contribution >= 0.6 is 0 Å². The maximum Gasteiger partial charge on any atom is 0.300 e. The van der Waals surface area contributed by atoms with Crippen molar-refractivity contribution >= 4 is 67.8 Å². The van der Waals surface area contributed by atoms with E-state index in [9.17, 15) is 0 Å². The minimum absolute atomic E-state index is 0.0582. The second-order valence-electron chi connectivity index (χ2n) is 9.45. The van der Waals surface area contributed by atoms with Gasteiger partial charge in [0.1, 0.15) is 0 Å². The predicted molar refractivity (Wildman–Crippen MR) is 158 cm³/mol. The summed E-state index contributed by atoms with van der Waals surface area (Å²) in [6.07, 6.45) is 0. The summed E-state index contributed by atoms with van der Waals surface area (Å²) in [6, 6.07) is 28.3. The van der Waals surface area contributed by atoms with E-state index in [4.69, 9.17) is 33.1 Å². The molecular formula is C32H20N8. The Labute approximate surface area is 230 Å². The fourth-order valence-corrected chi connectivity index (χ4v) is 5.19. The van der Waals surface area contributed by atoms with Crippen molar-refractivity contribution in [3.63, 3.8) is 0 Å². The van der Waals surface area contributed by atoms with E-state index in [-0.39, 0.29) is 11.6 Å². The minimum atomic E-state index is -0.0582. The summed E-state index contributed by atoms with van der Waals surface area (Å²) in [7, 11) is 0. The van der Waals surface area contributed by atoms with Crippen LogP contribution in [0.15, 0.2) is 84.9 Å². The van der Waals surface area contributed by atoms with Crippen LogP contribution in [0.5, 0.6) is 0 Å². The van der Waals surface area contributed by atoms with Crippen LogP contribution in [0.2, 0.25) is 0 Å². The lowest BCUT2D eigenvalue weighted by Gasteiger charge is -2.34. The number of aromatic nitrogens is 4. The van der Waals surface area contributed by atoms with Gasteiger partial charge in [0.2, 0.25) is 0 Å². The Hall–Kier alpha value is -5.86. The van der Waals surface area contributed by atoms with Crippen LogP contribution in [-0.2, 0) is 0 Å². The second kappa shape index (κ2) is 8.87. The normalized spacial score (nSPS) is 12.1. The van der Waals surface area contributed by atoms with Crippen molar-refractivity contribution in [2.75, 3.05) is 9.80 Å². The first kappa shape index (κ1) is 23.3. The van der Waals surface area contributed by atoms with Gasteiger partial charge in [-0.1, -0.05) is 85.9 Å². The maximum absolute atomic E-state index is 7.76. The van der Waals surface area contributed by atoms with Gasteiger partial charge >= 0.3 is 11.6 Å². The minimum Gasteiger partial charge on any atom is -0.370 e. The monoisotopic (exact) mass is 516 g/mol. The molecule has 0 aliphatic carbocycles. The summed E-state index contributed by atoms with van der Waals surface area (Å²) in [4.78, 5) is 30.6. The number of fused-ring (bicyclic) bond motifs is 4. The van der Waals surface area contributed by atoms with Gasteiger partial charge in [0.15, 0.2) is 11.6 Å². The molecule has 6 aromatic rings. The highest BCUT2D eigenvalue weighted by atomic mass is 15.4. The molecule has 0 saturated carbocycles. The van der Waals surface area contributed by atoms with Crippen molar-refractivity contribution in [3.8, 4) is 0 Å². The largest absolute Gasteiger partial charge is 0.370 e. The van der Waals surface area contributed by atoms with E-state index in [0.717, 1.165) is 44.3 Å². The van der Waals surface area contributed by atoms with Crippen molar-refractivity contribution < 1.29 is 0 Å². The highest BCUT2D eigenvalue weighted by Gasteiger charge is 2.42. The van der Waals surface area contributed by atoms with E-state index < -0.39 is 0 Å². The quantitative estimate of drug-likeness (QED) is 0.215. The third kappa shape index (κ3) is 3.37. The lowest BCUT2D eigenvalue weighted by Crippen LogP contribution is -2.28. The molecule has 1 aliphatic rings. The summed E-state index contributed by atoms with van der Waals surface area (Å²) in [5, 5.41) is 4.07. The summed E-state index contributed by atoms with van der Waals surface area (Å²) in [5.41, 5.74) is 3.22. The summed E-state index contributed by atoms with van der Waals surface area (Å²) in [5.74, 6) is 1.84. The van der Waals surface area contributed by atoms with E-state index in [1.54, 1.807) is 0 Å². The fourth-order valence-electron chi connectivity index (χ4n) is 5.19. The van der Waals surface area contributed by atoms with Gasteiger partial charge in [0, 0.05) is 10.8 Å². The molecule has 8 heteroatoms. The number of benzene rings is 4. The summed E-state index contributed by atoms with van der Waals surface area (Å²) in [6.45, 7) is 19.4. The SMILES string of the molecule is [C-]#[N+]c1nc2c(nc1[N+]#[C-])N(c1cccc3ccccc13)c1nc(C)c(C)nc1N2c1cccc2ccccc12. The van der Waals surface area contributed by atoms with Crippen LogP contribution in [0.4, 0.5) is 46.3 Å². The highest BCUT2D eigenvalue weighted by molar-refractivity contribution is 6.07. The molecule has 1 aliphatic heterocycles. The molecule has 0 fully saturated rings. The molecule has 2 aromatic heterocycles. The van der Waals surface area contributed by atoms with Crippen molar-refractivity contribution in [1.82, 2.24) is 19.9 Å². The topological polar surface area (TPSA) is 66.8 Å². The van der Waals surface area contributed by atoms with Gasteiger partial charge < -0.3 is 9.69 Å². The van der Waals surface area contributed by atoms with E-state index in [1.807, 2.05) is 84.3 Å². The second-order valence-corrected chi connectivity index (χ2v) is 9.45. The Morgan fingerprint density at radius 3 is 1.30 bits per heavy atom. The van der Waals surface area contributed by atoms with Crippen LogP contribution in [0.3, 0.4) is 0 Å². The van der Waals surface area contributed by atoms with Gasteiger partial charge in [-0.15, -0.1) is 9.97 Å². The zero-order valence-corrected chi connectivity index (χ0v) is 21.7. The third-order valence-electron chi connectivity index (χ3n) is 7.17. The van der Waals surface area contributed by atoms with E-state index >= 15 is 0 Å². The molecule has 0 spiro atoms. The molecule has 0 bridgehead atoms. The lowest BCUT2D eigenvalue weighted by molar-refractivity contribution is 0.959. The molecule has 4 aromatic carbocycles. The number of aryl methyl sites for hydroxylation is 2. The van der Waals surface area contributed by atoms with E-state index in [2.05, 4.69) is 34.0 Å². The molecule has 8 nitrogen and oxygen atoms in total. The van der Waals surface area contributed by atoms with Gasteiger partial charge in [0.05, 0.1) is 22.8 Å². The molecule has 188 valence electrons. The molecule has 7 rings (SSSR count). The van der Waals surface area contributed by atoms with Gasteiger partial charge in [-0.3, -0.25) is 9.80 Å². The van der Waals surface area contributed by atoms with Crippen LogP contribution in [0.1, 0.15) is 11.4 Å². The third-order valence-corrected chi connectivity index (χ3v) is 7.17. The zero-order valence-electron chi connectivity index (χ0n) is 21.7. The fraction of sp³-hybridized carbons (Fsp3) is 0.0625. The van der Waals surface area contributed by atoms with E-state index in [0.29, 0.717) is 23.3 Å². The Bertz CT molecular complexity index is 1930. The Morgan fingerprint density at radius 1 is 0.500 bits per heavy atom. The molecule has 0 saturated heterocycles. The van der Waals surface area contributed by atoms with Crippen molar-refractivity contribution in [2.24, 2.45) is 0 Å². The van der Waals surface area contributed by atoms with Crippen LogP contribution < -0.4 is 9.80 Å². The predicted octanol–water partition coefficient (Wildman–Crippen LogP) is 8.54. The van der Waals surface area contributed by atoms with Crippen molar-refractivity contribution in [2.45, 2.75) is 13.8 Å². The van der Waals surface area contributed by atoms with Gasteiger partial charge in [0.25, 0.3) is 11.6 Å². The smallest absolute Gasteiger partial charge is 0.300 e. The van der Waals surface area contributed by atoms with Crippen LogP contribution in [-0.4, -0.2) is 19.9 Å². The molecule has 0 radical (unpaired) electrons. The first-order chi connectivity index (χ1) is 19.6. The number of hydrogen-bond acceptors (Lipinski definition) is 6. The molecule has 0 N–H and O–H groups in total. The van der Waals surface area contributed by atoms with Gasteiger partial charge in [-0.05, 0) is 36.8 Å². The van der Waals surface area contributed by atoms with Crippen molar-refractivity contribution in [3.05, 3.63) is 119 Å². The highest BCUT2D eigenvalue weighted by Crippen LogP contribution is 2.54. The van der Waals surface area contributed by atoms with Crippen LogP contribution in [0, 0.1) is 27.0 Å². The maximum atomic E-state index is 7.76. The van der Waals surface area contributed by atoms with Crippen LogP contribution in [0.25, 0.3) is 31.2 Å². The number of nitrogens with zero attached hydrogens (tertiary/aromatic N) is 8. The molecule has 40 heavy (non-hydrogen) atoms. The van der Waals surface area contributed by atoms with E-state index in [1.165, 1.54) is 0 Å². The Morgan fingerprint density at radius 2 is 0.875 bits per heavy atom. The van der Waals surface area contributed by atoms with Gasteiger partial charge in [-0.25, -0.2) is 9.97 Å². The molecule has 0 amide bonds. The molecular weight excluding hydrogens is 496 g/mol.